The number of hydrogen-bond acceptors (Lipinski definition) is 26. The molecule has 0 spiro atoms. The van der Waals surface area contributed by atoms with Crippen molar-refractivity contribution >= 4 is 75.8 Å². The fraction of sp³-hybridized carbons (Fsp3) is 0.517. The summed E-state index contributed by atoms with van der Waals surface area (Å²) >= 11 is 0. The van der Waals surface area contributed by atoms with Crippen LogP contribution in [0.1, 0.15) is 289 Å². The Hall–Kier alpha value is -13.1. The summed E-state index contributed by atoms with van der Waals surface area (Å²) < 4.78 is 37.5. The molecule has 5 aromatic carbocycles. The lowest BCUT2D eigenvalue weighted by Crippen LogP contribution is -2.37. The lowest BCUT2D eigenvalue weighted by molar-refractivity contribution is -0.401. The van der Waals surface area contributed by atoms with Gasteiger partial charge in [-0.05, 0) is 215 Å². The number of amides is 4. The minimum Gasteiger partial charge on any atom is -0.508 e. The Labute approximate surface area is 879 Å². The van der Waals surface area contributed by atoms with Crippen LogP contribution in [0, 0.1) is 0 Å². The van der Waals surface area contributed by atoms with Crippen LogP contribution in [0.5, 0.6) is 34.5 Å². The first kappa shape index (κ1) is 118. The number of oxime groups is 3. The average molecular weight is 2060 g/mol. The summed E-state index contributed by atoms with van der Waals surface area (Å²) in [4.78, 5) is 114. The van der Waals surface area contributed by atoms with Gasteiger partial charge in [-0.1, -0.05) is 173 Å². The van der Waals surface area contributed by atoms with E-state index in [-0.39, 0.29) is 145 Å². The maximum Gasteiger partial charge on any atom is 0.342 e. The predicted octanol–water partition coefficient (Wildman–Crippen LogP) is 20.2. The molecule has 0 bridgehead atoms. The summed E-state index contributed by atoms with van der Waals surface area (Å²) in [6.07, 6.45) is 48.6. The highest BCUT2D eigenvalue weighted by Crippen LogP contribution is 2.48. The van der Waals surface area contributed by atoms with Crippen molar-refractivity contribution in [3.8, 4) is 34.5 Å². The van der Waals surface area contributed by atoms with Crippen LogP contribution < -0.4 is 10.2 Å². The number of phenols is 6. The van der Waals surface area contributed by atoms with Crippen molar-refractivity contribution < 1.29 is 112 Å². The molecule has 31 heteroatoms. The molecular formula is C118H160N9O22+. The Bertz CT molecular complexity index is 5500. The number of fused-ring (bicyclic) bond motifs is 5. The lowest BCUT2D eigenvalue weighted by atomic mass is 9.81. The number of phenolic OH excluding ortho intramolecular Hbond substituents is 6. The number of benzene rings is 5. The van der Waals surface area contributed by atoms with Crippen LogP contribution in [0.3, 0.4) is 0 Å². The number of aromatic hydroxyl groups is 6. The van der Waals surface area contributed by atoms with E-state index in [1.54, 1.807) is 53.7 Å². The average Bonchev–Trinajstić information content (AvgIpc) is 1.59. The molecule has 3 saturated heterocycles. The molecule has 5 aromatic rings. The molecule has 13 rings (SSSR count). The van der Waals surface area contributed by atoms with E-state index in [1.165, 1.54) is 52.1 Å². The molecule has 149 heavy (non-hydrogen) atoms. The standard InChI is InChI=1S/C59H75N5O8.2C29H40N2O7.CH4/c1-42-22-18-24-46(25-19-23-44(61-71-41-55(68)63-34-15-9-16-35-63)38-43-39-45(65)40-51(66)56(43)57(69)72-42)70-37-21-33-60-54(67)32-10-7-8-17-36-64-50-29-14-12-27-48(50)59(4,5)53(64)31-20-30-52-58(2,3)47-26-11-13-28-49(47)62(52)6;2*1-3-4-16-36-25-12-8-10-21(2)38-29(35)28-22(18-24(32)19-26(28)33)17-23(11-9-13-25)30-37-20-27(34)31-14-6-5-7-15-31;/h11-14,18-20,23-24,26-31,39-40,42,46H,7-10,15-17,21-22,25,32-38,41H2,1-6H3,(H2-,60,65,66,67,69);2*8-9,11-12,18-19,21,25,32-33H,3-7,10,13-17,20H2,1-2H3;1H4/p+1/b23-19+,24-18+,61-44?;2*11-9+,12-8+,30-23+;/t42-,46-;2*21-,25-;/m111./s1. The number of nitrogens with zero attached hydrogens (tertiary/aromatic N) is 8. The Morgan fingerprint density at radius 2 is 0.839 bits per heavy atom. The largest absolute Gasteiger partial charge is 0.508 e. The number of esters is 3. The van der Waals surface area contributed by atoms with E-state index in [2.05, 4.69) is 146 Å². The molecule has 8 aliphatic heterocycles. The van der Waals surface area contributed by atoms with Crippen LogP contribution in [0.2, 0.25) is 0 Å². The van der Waals surface area contributed by atoms with Crippen molar-refractivity contribution in [2.75, 3.05) is 104 Å². The van der Waals surface area contributed by atoms with Gasteiger partial charge in [0.05, 0.1) is 40.9 Å². The molecule has 31 nitrogen and oxygen atoms in total. The van der Waals surface area contributed by atoms with Crippen molar-refractivity contribution in [1.29, 1.82) is 0 Å². The second kappa shape index (κ2) is 60.5. The number of piperidine rings is 3. The number of hydrogen-bond donors (Lipinski definition) is 7. The van der Waals surface area contributed by atoms with Gasteiger partial charge in [0.25, 0.3) is 17.7 Å². The van der Waals surface area contributed by atoms with Gasteiger partial charge in [-0.25, -0.2) is 14.4 Å². The molecule has 6 atom stereocenters. The van der Waals surface area contributed by atoms with Crippen LogP contribution in [0.25, 0.3) is 0 Å². The summed E-state index contributed by atoms with van der Waals surface area (Å²) in [6.45, 7) is 25.5. The molecular weight excluding hydrogens is 1900 g/mol. The smallest absolute Gasteiger partial charge is 0.342 e. The maximum atomic E-state index is 13.3. The second-order valence-corrected chi connectivity index (χ2v) is 40.1. The van der Waals surface area contributed by atoms with Crippen molar-refractivity contribution in [2.24, 2.45) is 15.5 Å². The van der Waals surface area contributed by atoms with Gasteiger partial charge in [0.2, 0.25) is 11.6 Å². The number of likely N-dealkylation sites (tertiary alicyclic amines) is 3. The molecule has 0 unspecified atom stereocenters. The zero-order valence-corrected chi connectivity index (χ0v) is 88.2. The molecule has 0 radical (unpaired) electrons. The van der Waals surface area contributed by atoms with Crippen LogP contribution >= 0.6 is 0 Å². The first-order chi connectivity index (χ1) is 71.4. The van der Waals surface area contributed by atoms with E-state index in [1.807, 2.05) is 54.7 Å². The van der Waals surface area contributed by atoms with Crippen molar-refractivity contribution in [3.05, 3.63) is 226 Å². The van der Waals surface area contributed by atoms with Gasteiger partial charge in [0, 0.05) is 170 Å². The Balaban J connectivity index is 0.000000249. The third-order valence-corrected chi connectivity index (χ3v) is 27.3. The maximum absolute atomic E-state index is 13.3. The van der Waals surface area contributed by atoms with Crippen LogP contribution in [0.15, 0.2) is 197 Å². The van der Waals surface area contributed by atoms with E-state index >= 15 is 0 Å². The van der Waals surface area contributed by atoms with E-state index in [4.69, 9.17) is 42.9 Å². The number of anilines is 1. The zero-order chi connectivity index (χ0) is 106. The highest BCUT2D eigenvalue weighted by molar-refractivity contribution is 6.05. The first-order valence-electron chi connectivity index (χ1n) is 53.1. The summed E-state index contributed by atoms with van der Waals surface area (Å²) in [6, 6.07) is 24.9. The zero-order valence-electron chi connectivity index (χ0n) is 88.2. The number of rotatable bonds is 31. The number of unbranched alkanes of at least 4 members (excludes halogenated alkanes) is 5. The number of carbonyl (C=O) groups excluding carboxylic acids is 7. The monoisotopic (exact) mass is 2060 g/mol. The summed E-state index contributed by atoms with van der Waals surface area (Å²) in [5.41, 5.74) is 9.58. The van der Waals surface area contributed by atoms with E-state index in [0.29, 0.717) is 125 Å². The molecule has 7 N–H and O–H groups in total. The topological polar surface area (TPSA) is 389 Å². The number of carbonyl (C=O) groups is 7. The van der Waals surface area contributed by atoms with Gasteiger partial charge < -0.3 is 98.5 Å². The van der Waals surface area contributed by atoms with Crippen molar-refractivity contribution in [3.63, 3.8) is 0 Å². The predicted molar refractivity (Wildman–Crippen MR) is 580 cm³/mol. The Kier molecular flexibility index (Phi) is 47.8. The third-order valence-electron chi connectivity index (χ3n) is 27.3. The first-order valence-corrected chi connectivity index (χ1v) is 53.1. The highest BCUT2D eigenvalue weighted by Gasteiger charge is 2.44. The van der Waals surface area contributed by atoms with E-state index < -0.39 is 42.0 Å². The van der Waals surface area contributed by atoms with Gasteiger partial charge in [-0.15, -0.1) is 0 Å². The van der Waals surface area contributed by atoms with Gasteiger partial charge in [-0.3, -0.25) is 19.2 Å². The van der Waals surface area contributed by atoms with Crippen molar-refractivity contribution in [2.45, 2.75) is 297 Å². The van der Waals surface area contributed by atoms with Crippen LogP contribution in [-0.4, -0.2) is 250 Å². The summed E-state index contributed by atoms with van der Waals surface area (Å²) in [7, 11) is 2.16. The molecule has 0 aliphatic carbocycles. The molecule has 4 amide bonds. The minimum atomic E-state index is -0.734. The molecule has 8 aliphatic rings. The molecule has 0 saturated carbocycles. The van der Waals surface area contributed by atoms with E-state index in [9.17, 15) is 64.2 Å². The minimum absolute atomic E-state index is 0. The molecule has 3 fully saturated rings. The number of nitrogens with one attached hydrogen (secondary N) is 1. The summed E-state index contributed by atoms with van der Waals surface area (Å²) in [5.74, 6) is -4.27. The SMILES string of the molecule is C.CCCCO[C@@H]1/C=C/C[C@@H](C)OC(=O)c2c(O)cc(O)cc2CC(=N/OCC(=O)N2CCCCC2)/C=C/C1.CCCCO[C@@H]1/C=C/C[C@@H](C)OC(=O)c2c(O)cc(O)cc2CC(=N/OCC(=O)N2CCCCC2)/C=C/C1.C[C@@H]1C/C=C/[C@@H](OCCCNC(=O)CCCCCCN2/C(=C\C=C\C3=[N+](C)c4ccccc4C3(C)C)C(C)(C)c3ccccc32)C/C=C/C(=NOCC(=O)N2CCCCC2)Cc2cc(O)cc(O)c2C(=O)O1. The highest BCUT2D eigenvalue weighted by atomic mass is 16.6. The van der Waals surface area contributed by atoms with Gasteiger partial charge in [-0.2, -0.15) is 4.58 Å². The number of cyclic esters (lactones) is 3. The molecule has 808 valence electrons. The van der Waals surface area contributed by atoms with E-state index in [0.717, 1.165) is 160 Å². The van der Waals surface area contributed by atoms with Crippen LogP contribution in [-0.2, 0) is 92.2 Å². The normalized spacial score (nSPS) is 22.6. The number of ether oxygens (including phenoxy) is 6. The van der Waals surface area contributed by atoms with Gasteiger partial charge in [0.1, 0.15) is 76.5 Å². The van der Waals surface area contributed by atoms with Gasteiger partial charge >= 0.3 is 17.9 Å². The fourth-order valence-electron chi connectivity index (χ4n) is 19.3. The fourth-order valence-corrected chi connectivity index (χ4v) is 19.3. The quantitative estimate of drug-likeness (QED) is 0.00541. The Morgan fingerprint density at radius 1 is 0.463 bits per heavy atom. The number of allylic oxidation sites excluding steroid dienone is 7. The molecule has 8 heterocycles. The molecule has 0 aromatic heterocycles. The summed E-state index contributed by atoms with van der Waals surface area (Å²) in [5, 5.41) is 78.0. The van der Waals surface area contributed by atoms with Gasteiger partial charge in [0.15, 0.2) is 25.5 Å². The lowest BCUT2D eigenvalue weighted by Gasteiger charge is -2.27. The van der Waals surface area contributed by atoms with Crippen LogP contribution in [0.4, 0.5) is 11.4 Å². The van der Waals surface area contributed by atoms with Crippen molar-refractivity contribution in [1.82, 2.24) is 20.0 Å². The number of para-hydroxylation sites is 2. The second-order valence-electron chi connectivity index (χ2n) is 40.1. The Morgan fingerprint density at radius 3 is 1.23 bits per heavy atom. The third kappa shape index (κ3) is 36.4.